The molecule has 1 atom stereocenters. The summed E-state index contributed by atoms with van der Waals surface area (Å²) < 4.78 is 38.3. The van der Waals surface area contributed by atoms with Crippen LogP contribution in [0.3, 0.4) is 0 Å². The molecule has 1 aromatic carbocycles. The zero-order valence-electron chi connectivity index (χ0n) is 13.8. The maximum Gasteiger partial charge on any atom is 0.416 e. The van der Waals surface area contributed by atoms with Crippen LogP contribution in [-0.4, -0.2) is 26.5 Å². The third-order valence-corrected chi connectivity index (χ3v) is 4.50. The van der Waals surface area contributed by atoms with Gasteiger partial charge in [-0.1, -0.05) is 0 Å². The highest BCUT2D eigenvalue weighted by Gasteiger charge is 2.32. The first-order chi connectivity index (χ1) is 11.8. The van der Waals surface area contributed by atoms with Crippen molar-refractivity contribution in [2.45, 2.75) is 51.3 Å². The van der Waals surface area contributed by atoms with Gasteiger partial charge in [0.1, 0.15) is 11.4 Å². The maximum atomic E-state index is 12.8. The number of aryl methyl sites for hydroxylation is 1. The average molecular weight is 352 g/mol. The Morgan fingerprint density at radius 1 is 1.16 bits per heavy atom. The number of phenols is 1. The third-order valence-electron chi connectivity index (χ3n) is 4.50. The molecule has 25 heavy (non-hydrogen) atoms. The lowest BCUT2D eigenvalue weighted by molar-refractivity contribution is -0.137. The van der Waals surface area contributed by atoms with Crippen LogP contribution in [0.15, 0.2) is 18.2 Å². The topological polar surface area (TPSA) is 66.2 Å². The van der Waals surface area contributed by atoms with Gasteiger partial charge in [0.15, 0.2) is 0 Å². The van der Waals surface area contributed by atoms with Crippen LogP contribution in [0.5, 0.6) is 5.75 Å². The van der Waals surface area contributed by atoms with E-state index in [0.717, 1.165) is 48.2 Å². The molecule has 0 bridgehead atoms. The molecular weight excluding hydrogens is 333 g/mol. The van der Waals surface area contributed by atoms with Gasteiger partial charge in [0, 0.05) is 5.56 Å². The van der Waals surface area contributed by atoms with E-state index in [2.05, 4.69) is 10.2 Å². The Bertz CT molecular complexity index is 789. The van der Waals surface area contributed by atoms with Crippen LogP contribution < -0.4 is 0 Å². The van der Waals surface area contributed by atoms with Crippen LogP contribution in [0.25, 0.3) is 11.3 Å². The lowest BCUT2D eigenvalue weighted by atomic mass is 9.98. The van der Waals surface area contributed by atoms with Crippen molar-refractivity contribution < 1.29 is 23.4 Å². The highest BCUT2D eigenvalue weighted by atomic mass is 19.4. The lowest BCUT2D eigenvalue weighted by Crippen LogP contribution is -2.08. The summed E-state index contributed by atoms with van der Waals surface area (Å²) in [5.74, 6) is -0.449. The molecule has 0 saturated heterocycles. The van der Waals surface area contributed by atoms with Gasteiger partial charge in [0.05, 0.1) is 17.4 Å². The van der Waals surface area contributed by atoms with E-state index in [-0.39, 0.29) is 5.56 Å². The Labute approximate surface area is 143 Å². The maximum absolute atomic E-state index is 12.8. The van der Waals surface area contributed by atoms with Crippen molar-refractivity contribution in [1.82, 2.24) is 10.2 Å². The number of hydrogen-bond donors (Lipinski definition) is 2. The largest absolute Gasteiger partial charge is 0.507 e. The number of rotatable bonds is 4. The number of aromatic nitrogens is 2. The highest BCUT2D eigenvalue weighted by molar-refractivity contribution is 5.71. The molecular formula is C18H19F3N2O2. The Morgan fingerprint density at radius 2 is 1.88 bits per heavy atom. The van der Waals surface area contributed by atoms with Gasteiger partial charge in [-0.25, -0.2) is 0 Å². The minimum Gasteiger partial charge on any atom is -0.507 e. The molecule has 2 N–H and O–H groups in total. The second-order valence-electron chi connectivity index (χ2n) is 6.42. The summed E-state index contributed by atoms with van der Waals surface area (Å²) >= 11 is 0. The Balaban J connectivity index is 2.00. The van der Waals surface area contributed by atoms with E-state index < -0.39 is 23.6 Å². The fraction of sp³-hybridized carbons (Fsp3) is 0.444. The highest BCUT2D eigenvalue weighted by Crippen LogP contribution is 2.39. The van der Waals surface area contributed by atoms with Crippen molar-refractivity contribution >= 4 is 0 Å². The molecule has 0 spiro atoms. The second kappa shape index (κ2) is 6.63. The van der Waals surface area contributed by atoms with Crippen LogP contribution in [-0.2, 0) is 25.4 Å². The molecule has 2 aromatic rings. The Hall–Kier alpha value is -2.15. The number of nitrogens with zero attached hydrogens (tertiary/aromatic N) is 2. The average Bonchev–Trinajstić information content (AvgIpc) is 3.01. The van der Waals surface area contributed by atoms with Gasteiger partial charge < -0.3 is 10.2 Å². The van der Waals surface area contributed by atoms with E-state index >= 15 is 0 Å². The number of fused-ring (bicyclic) bond motifs is 1. The molecule has 1 heterocycles. The van der Waals surface area contributed by atoms with E-state index in [4.69, 9.17) is 0 Å². The summed E-state index contributed by atoms with van der Waals surface area (Å²) in [7, 11) is 0. The van der Waals surface area contributed by atoms with Crippen molar-refractivity contribution in [2.75, 3.05) is 0 Å². The number of halogens is 3. The SMILES string of the molecule is C[C@@H](O)CCc1nnc(-c2ccc(C(F)(F)F)cc2O)c2c1CCC2. The summed E-state index contributed by atoms with van der Waals surface area (Å²) in [5, 5.41) is 27.9. The van der Waals surface area contributed by atoms with Gasteiger partial charge in [0.25, 0.3) is 0 Å². The van der Waals surface area contributed by atoms with Crippen molar-refractivity contribution in [2.24, 2.45) is 0 Å². The van der Waals surface area contributed by atoms with Crippen molar-refractivity contribution in [3.8, 4) is 17.0 Å². The summed E-state index contributed by atoms with van der Waals surface area (Å²) in [6.45, 7) is 1.71. The van der Waals surface area contributed by atoms with Crippen molar-refractivity contribution in [3.05, 3.63) is 40.6 Å². The zero-order valence-corrected chi connectivity index (χ0v) is 13.8. The number of aromatic hydroxyl groups is 1. The van der Waals surface area contributed by atoms with E-state index in [0.29, 0.717) is 18.5 Å². The van der Waals surface area contributed by atoms with Gasteiger partial charge in [-0.05, 0) is 68.4 Å². The normalized spacial score (nSPS) is 15.2. The second-order valence-corrected chi connectivity index (χ2v) is 6.42. The Kier molecular flexibility index (Phi) is 4.69. The molecule has 4 nitrogen and oxygen atoms in total. The van der Waals surface area contributed by atoms with Gasteiger partial charge in [-0.2, -0.15) is 18.3 Å². The van der Waals surface area contributed by atoms with Crippen molar-refractivity contribution in [1.29, 1.82) is 0 Å². The molecule has 0 aliphatic heterocycles. The quantitative estimate of drug-likeness (QED) is 0.881. The molecule has 0 unspecified atom stereocenters. The van der Waals surface area contributed by atoms with Crippen LogP contribution in [0.1, 0.15) is 42.1 Å². The summed E-state index contributed by atoms with van der Waals surface area (Å²) in [5.41, 5.74) is 2.62. The molecule has 0 amide bonds. The molecule has 7 heteroatoms. The first-order valence-electron chi connectivity index (χ1n) is 8.23. The summed E-state index contributed by atoms with van der Waals surface area (Å²) in [6, 6.07) is 2.91. The van der Waals surface area contributed by atoms with E-state index in [1.54, 1.807) is 6.92 Å². The molecule has 0 fully saturated rings. The lowest BCUT2D eigenvalue weighted by Gasteiger charge is -2.14. The Morgan fingerprint density at radius 3 is 2.52 bits per heavy atom. The molecule has 0 saturated carbocycles. The zero-order chi connectivity index (χ0) is 18.2. The van der Waals surface area contributed by atoms with E-state index in [1.165, 1.54) is 6.07 Å². The van der Waals surface area contributed by atoms with Crippen LogP contribution >= 0.6 is 0 Å². The fourth-order valence-corrected chi connectivity index (χ4v) is 3.23. The predicted octanol–water partition coefficient (Wildman–Crippen LogP) is 3.67. The minimum absolute atomic E-state index is 0.265. The number of phenolic OH excluding ortho intramolecular Hbond substituents is 1. The first kappa shape index (κ1) is 17.7. The molecule has 0 radical (unpaired) electrons. The number of aliphatic hydroxyl groups excluding tert-OH is 1. The van der Waals surface area contributed by atoms with Crippen LogP contribution in [0, 0.1) is 0 Å². The first-order valence-corrected chi connectivity index (χ1v) is 8.23. The van der Waals surface area contributed by atoms with Crippen molar-refractivity contribution in [3.63, 3.8) is 0 Å². The number of benzene rings is 1. The number of aliphatic hydroxyl groups is 1. The molecule has 3 rings (SSSR count). The summed E-state index contributed by atoms with van der Waals surface area (Å²) in [6.07, 6.45) is -1.26. The standard InChI is InChI=1S/C18H19F3N2O2/c1-10(24)5-8-15-12-3-2-4-13(12)17(23-22-15)14-7-6-11(9-16(14)25)18(19,20)21/h6-7,9-10,24-25H,2-5,8H2,1H3/t10-/m1/s1. The fourth-order valence-electron chi connectivity index (χ4n) is 3.23. The van der Waals surface area contributed by atoms with E-state index in [9.17, 15) is 23.4 Å². The molecule has 134 valence electrons. The van der Waals surface area contributed by atoms with E-state index in [1.807, 2.05) is 0 Å². The third kappa shape index (κ3) is 3.61. The number of hydrogen-bond acceptors (Lipinski definition) is 4. The number of alkyl halides is 3. The predicted molar refractivity (Wildman–Crippen MR) is 86.2 cm³/mol. The van der Waals surface area contributed by atoms with Gasteiger partial charge >= 0.3 is 6.18 Å². The molecule has 1 aliphatic rings. The molecule has 1 aromatic heterocycles. The van der Waals surface area contributed by atoms with Gasteiger partial charge in [-0.15, -0.1) is 5.10 Å². The van der Waals surface area contributed by atoms with Gasteiger partial charge in [-0.3, -0.25) is 0 Å². The van der Waals surface area contributed by atoms with Gasteiger partial charge in [0.2, 0.25) is 0 Å². The minimum atomic E-state index is -4.51. The smallest absolute Gasteiger partial charge is 0.416 e. The summed E-state index contributed by atoms with van der Waals surface area (Å²) in [4.78, 5) is 0. The van der Waals surface area contributed by atoms with Crippen LogP contribution in [0.2, 0.25) is 0 Å². The van der Waals surface area contributed by atoms with Crippen LogP contribution in [0.4, 0.5) is 13.2 Å². The molecule has 1 aliphatic carbocycles. The monoisotopic (exact) mass is 352 g/mol.